The van der Waals surface area contributed by atoms with E-state index in [-0.39, 0.29) is 5.91 Å². The van der Waals surface area contributed by atoms with Crippen molar-refractivity contribution >= 4 is 5.91 Å². The first-order chi connectivity index (χ1) is 11.1. The van der Waals surface area contributed by atoms with Crippen LogP contribution < -0.4 is 0 Å². The largest absolute Gasteiger partial charge is 0.347 e. The van der Waals surface area contributed by atoms with Crippen molar-refractivity contribution in [1.82, 2.24) is 9.80 Å². The quantitative estimate of drug-likeness (QED) is 0.817. The molecule has 0 unspecified atom stereocenters. The molecule has 2 rings (SSSR count). The number of hydrogen-bond donors (Lipinski definition) is 0. The lowest BCUT2D eigenvalue weighted by molar-refractivity contribution is -0.140. The zero-order valence-corrected chi connectivity index (χ0v) is 14.5. The first kappa shape index (κ1) is 17.2. The Bertz CT molecular complexity index is 579. The highest BCUT2D eigenvalue weighted by atomic mass is 16.2. The average Bonchev–Trinajstić information content (AvgIpc) is 2.60. The van der Waals surface area contributed by atoms with Crippen molar-refractivity contribution in [1.29, 1.82) is 0 Å². The van der Waals surface area contributed by atoms with E-state index in [1.54, 1.807) is 4.90 Å². The minimum absolute atomic E-state index is 0.0820. The number of rotatable bonds is 6. The van der Waals surface area contributed by atoms with Crippen LogP contribution in [0.3, 0.4) is 0 Å². The maximum atomic E-state index is 13.4. The standard InChI is InChI=1S/C20H26N2O/c1-5-22(6-2)20(19(23)21(3)4,17-13-9-7-10-14-17)18-15-11-8-12-16-18/h7-16H,5-6H2,1-4H3. The summed E-state index contributed by atoms with van der Waals surface area (Å²) < 4.78 is 0. The van der Waals surface area contributed by atoms with E-state index in [0.717, 1.165) is 24.2 Å². The Hall–Kier alpha value is -2.13. The Morgan fingerprint density at radius 1 is 0.826 bits per heavy atom. The molecule has 0 fully saturated rings. The van der Waals surface area contributed by atoms with Gasteiger partial charge in [-0.25, -0.2) is 0 Å². The summed E-state index contributed by atoms with van der Waals surface area (Å²) in [5.41, 5.74) is 1.22. The van der Waals surface area contributed by atoms with E-state index in [1.165, 1.54) is 0 Å². The van der Waals surface area contributed by atoms with Crippen molar-refractivity contribution in [2.24, 2.45) is 0 Å². The van der Waals surface area contributed by atoms with Crippen LogP contribution in [0.2, 0.25) is 0 Å². The van der Waals surface area contributed by atoms with Gasteiger partial charge in [0.05, 0.1) is 0 Å². The molecule has 0 radical (unpaired) electrons. The van der Waals surface area contributed by atoms with E-state index in [1.807, 2.05) is 74.8 Å². The van der Waals surface area contributed by atoms with Crippen molar-refractivity contribution in [2.45, 2.75) is 19.4 Å². The summed E-state index contributed by atoms with van der Waals surface area (Å²) in [5, 5.41) is 0. The van der Waals surface area contributed by atoms with Gasteiger partial charge in [0.25, 0.3) is 5.91 Å². The molecule has 0 saturated carbocycles. The van der Waals surface area contributed by atoms with Crippen molar-refractivity contribution in [3.05, 3.63) is 71.8 Å². The molecule has 3 nitrogen and oxygen atoms in total. The van der Waals surface area contributed by atoms with Crippen LogP contribution in [-0.4, -0.2) is 42.9 Å². The SMILES string of the molecule is CCN(CC)C(C(=O)N(C)C)(c1ccccc1)c1ccccc1. The molecule has 0 N–H and O–H groups in total. The molecule has 1 amide bonds. The second-order valence-electron chi connectivity index (χ2n) is 5.81. The van der Waals surface area contributed by atoms with Gasteiger partial charge in [0, 0.05) is 14.1 Å². The van der Waals surface area contributed by atoms with E-state index >= 15 is 0 Å². The van der Waals surface area contributed by atoms with Gasteiger partial charge in [-0.05, 0) is 24.2 Å². The summed E-state index contributed by atoms with van der Waals surface area (Å²) in [7, 11) is 3.65. The average molecular weight is 310 g/mol. The molecule has 23 heavy (non-hydrogen) atoms. The molecule has 0 heterocycles. The van der Waals surface area contributed by atoms with Crippen LogP contribution in [0.25, 0.3) is 0 Å². The predicted molar refractivity (Wildman–Crippen MR) is 95.3 cm³/mol. The van der Waals surface area contributed by atoms with Gasteiger partial charge in [0.2, 0.25) is 0 Å². The third-order valence-corrected chi connectivity index (χ3v) is 4.34. The molecule has 0 aliphatic heterocycles. The zero-order chi connectivity index (χ0) is 16.9. The minimum atomic E-state index is -0.796. The molecule has 0 bridgehead atoms. The fourth-order valence-corrected chi connectivity index (χ4v) is 3.29. The highest BCUT2D eigenvalue weighted by molar-refractivity contribution is 5.91. The normalized spacial score (nSPS) is 11.5. The van der Waals surface area contributed by atoms with Crippen LogP contribution in [0.5, 0.6) is 0 Å². The van der Waals surface area contributed by atoms with E-state index in [9.17, 15) is 4.79 Å². The van der Waals surface area contributed by atoms with Crippen molar-refractivity contribution < 1.29 is 4.79 Å². The van der Waals surface area contributed by atoms with E-state index < -0.39 is 5.54 Å². The summed E-state index contributed by atoms with van der Waals surface area (Å²) >= 11 is 0. The Kier molecular flexibility index (Phi) is 5.56. The topological polar surface area (TPSA) is 23.6 Å². The molecule has 0 aromatic heterocycles. The molecule has 0 aliphatic carbocycles. The molecular formula is C20H26N2O. The van der Waals surface area contributed by atoms with Crippen LogP contribution in [-0.2, 0) is 10.3 Å². The van der Waals surface area contributed by atoms with Crippen molar-refractivity contribution in [3.63, 3.8) is 0 Å². The Morgan fingerprint density at radius 2 is 1.22 bits per heavy atom. The van der Waals surface area contributed by atoms with Crippen LogP contribution in [0.15, 0.2) is 60.7 Å². The van der Waals surface area contributed by atoms with E-state index in [0.29, 0.717) is 0 Å². The molecule has 122 valence electrons. The van der Waals surface area contributed by atoms with E-state index in [2.05, 4.69) is 18.7 Å². The Morgan fingerprint density at radius 3 is 1.52 bits per heavy atom. The maximum absolute atomic E-state index is 13.4. The van der Waals surface area contributed by atoms with Crippen molar-refractivity contribution in [3.8, 4) is 0 Å². The van der Waals surface area contributed by atoms with Crippen LogP contribution in [0.1, 0.15) is 25.0 Å². The fraction of sp³-hybridized carbons (Fsp3) is 0.350. The monoisotopic (exact) mass is 310 g/mol. The van der Waals surface area contributed by atoms with Gasteiger partial charge in [0.1, 0.15) is 0 Å². The summed E-state index contributed by atoms with van der Waals surface area (Å²) in [4.78, 5) is 17.3. The number of nitrogens with zero attached hydrogens (tertiary/aromatic N) is 2. The molecule has 0 atom stereocenters. The second-order valence-corrected chi connectivity index (χ2v) is 5.81. The predicted octanol–water partition coefficient (Wildman–Crippen LogP) is 3.36. The van der Waals surface area contributed by atoms with Crippen LogP contribution >= 0.6 is 0 Å². The Labute approximate surface area is 139 Å². The van der Waals surface area contributed by atoms with Gasteiger partial charge in [0.15, 0.2) is 5.54 Å². The Balaban J connectivity index is 2.81. The molecule has 2 aromatic rings. The fourth-order valence-electron chi connectivity index (χ4n) is 3.29. The molecule has 0 aliphatic rings. The van der Waals surface area contributed by atoms with Gasteiger partial charge < -0.3 is 4.90 Å². The maximum Gasteiger partial charge on any atom is 0.251 e. The second kappa shape index (κ2) is 7.42. The summed E-state index contributed by atoms with van der Waals surface area (Å²) in [6, 6.07) is 20.2. The third-order valence-electron chi connectivity index (χ3n) is 4.34. The summed E-state index contributed by atoms with van der Waals surface area (Å²) in [5.74, 6) is 0.0820. The lowest BCUT2D eigenvalue weighted by atomic mass is 9.79. The van der Waals surface area contributed by atoms with Gasteiger partial charge in [-0.15, -0.1) is 0 Å². The minimum Gasteiger partial charge on any atom is -0.347 e. The number of carbonyl (C=O) groups is 1. The molecule has 3 heteroatoms. The molecular weight excluding hydrogens is 284 g/mol. The lowest BCUT2D eigenvalue weighted by Crippen LogP contribution is -2.56. The first-order valence-electron chi connectivity index (χ1n) is 8.16. The number of benzene rings is 2. The highest BCUT2D eigenvalue weighted by Crippen LogP contribution is 2.37. The van der Waals surface area contributed by atoms with Crippen LogP contribution in [0.4, 0.5) is 0 Å². The van der Waals surface area contributed by atoms with E-state index in [4.69, 9.17) is 0 Å². The van der Waals surface area contributed by atoms with Crippen molar-refractivity contribution in [2.75, 3.05) is 27.2 Å². The smallest absolute Gasteiger partial charge is 0.251 e. The van der Waals surface area contributed by atoms with Gasteiger partial charge in [-0.1, -0.05) is 74.5 Å². The number of hydrogen-bond acceptors (Lipinski definition) is 2. The lowest BCUT2D eigenvalue weighted by Gasteiger charge is -2.44. The summed E-state index contributed by atoms with van der Waals surface area (Å²) in [6.07, 6.45) is 0. The number of likely N-dealkylation sites (N-methyl/N-ethyl adjacent to an activating group) is 2. The third kappa shape index (κ3) is 3.02. The molecule has 0 spiro atoms. The number of carbonyl (C=O) groups excluding carboxylic acids is 1. The van der Waals surface area contributed by atoms with Gasteiger partial charge >= 0.3 is 0 Å². The highest BCUT2D eigenvalue weighted by Gasteiger charge is 2.46. The van der Waals surface area contributed by atoms with Crippen LogP contribution in [0, 0.1) is 0 Å². The summed E-state index contributed by atoms with van der Waals surface area (Å²) in [6.45, 7) is 5.79. The molecule has 2 aromatic carbocycles. The zero-order valence-electron chi connectivity index (χ0n) is 14.5. The van der Waals surface area contributed by atoms with Gasteiger partial charge in [-0.2, -0.15) is 0 Å². The van der Waals surface area contributed by atoms with Gasteiger partial charge in [-0.3, -0.25) is 9.69 Å². The number of amides is 1. The first-order valence-corrected chi connectivity index (χ1v) is 8.16. The molecule has 0 saturated heterocycles.